The van der Waals surface area contributed by atoms with E-state index in [1.165, 1.54) is 18.6 Å². The van der Waals surface area contributed by atoms with Crippen LogP contribution in [0.3, 0.4) is 0 Å². The van der Waals surface area contributed by atoms with Gasteiger partial charge in [-0.05, 0) is 17.7 Å². The summed E-state index contributed by atoms with van der Waals surface area (Å²) in [7, 11) is 0. The van der Waals surface area contributed by atoms with E-state index < -0.39 is 0 Å². The maximum atomic E-state index is 9.40. The molecule has 0 aromatic carbocycles. The van der Waals surface area contributed by atoms with Gasteiger partial charge in [-0.15, -0.1) is 0 Å². The number of rotatable bonds is 8. The van der Waals surface area contributed by atoms with Crippen molar-refractivity contribution in [2.45, 2.75) is 13.2 Å². The minimum atomic E-state index is -0.0765. The minimum absolute atomic E-state index is 0.0475. The molecule has 10 nitrogen and oxygen atoms in total. The molecule has 0 aliphatic rings. The first-order valence-electron chi connectivity index (χ1n) is 8.61. The third-order valence-electron chi connectivity index (χ3n) is 4.03. The topological polar surface area (TPSA) is 160 Å². The van der Waals surface area contributed by atoms with Crippen molar-refractivity contribution in [3.63, 3.8) is 0 Å². The molecule has 3 aromatic rings. The van der Waals surface area contributed by atoms with Crippen LogP contribution in [0.1, 0.15) is 16.8 Å². The van der Waals surface area contributed by atoms with Crippen molar-refractivity contribution in [2.24, 2.45) is 10.7 Å². The Kier molecular flexibility index (Phi) is 6.14. The molecule has 0 amide bonds. The maximum absolute atomic E-state index is 9.40. The van der Waals surface area contributed by atoms with Crippen molar-refractivity contribution >= 4 is 28.9 Å². The van der Waals surface area contributed by atoms with E-state index in [-0.39, 0.29) is 25.6 Å². The van der Waals surface area contributed by atoms with Gasteiger partial charge in [0.25, 0.3) is 0 Å². The maximum Gasteiger partial charge on any atom is 0.169 e. The number of anilines is 2. The first kappa shape index (κ1) is 19.3. The number of allylic oxidation sites excluding steroid dienone is 1. The molecule has 28 heavy (non-hydrogen) atoms. The number of hydrogen-bond acceptors (Lipinski definition) is 9. The summed E-state index contributed by atoms with van der Waals surface area (Å²) in [5.41, 5.74) is 15.2. The predicted octanol–water partition coefficient (Wildman–Crippen LogP) is 0.174. The first-order valence-corrected chi connectivity index (χ1v) is 8.61. The Labute approximate surface area is 161 Å². The van der Waals surface area contributed by atoms with Gasteiger partial charge in [0.2, 0.25) is 0 Å². The van der Waals surface area contributed by atoms with E-state index in [0.29, 0.717) is 23.6 Å². The van der Waals surface area contributed by atoms with Crippen LogP contribution in [0, 0.1) is 0 Å². The Balaban J connectivity index is 1.79. The summed E-state index contributed by atoms with van der Waals surface area (Å²) in [6, 6.07) is 3.85. The zero-order chi connectivity index (χ0) is 19.9. The molecule has 0 spiro atoms. The molecule has 7 N–H and O–H groups in total. The third-order valence-corrected chi connectivity index (χ3v) is 4.03. The van der Waals surface area contributed by atoms with Crippen LogP contribution in [-0.4, -0.2) is 49.2 Å². The molecular formula is C18H22N8O2. The molecule has 0 bridgehead atoms. The molecule has 0 atom stereocenters. The highest BCUT2D eigenvalue weighted by atomic mass is 16.3. The van der Waals surface area contributed by atoms with Gasteiger partial charge < -0.3 is 27.0 Å². The van der Waals surface area contributed by atoms with E-state index in [0.717, 1.165) is 16.6 Å². The Morgan fingerprint density at radius 3 is 2.93 bits per heavy atom. The Bertz CT molecular complexity index is 1010. The number of aliphatic hydroxyl groups excluding tert-OH is 2. The molecule has 3 heterocycles. The van der Waals surface area contributed by atoms with Crippen LogP contribution in [0.25, 0.3) is 11.1 Å². The lowest BCUT2D eigenvalue weighted by molar-refractivity contribution is 0.283. The molecule has 146 valence electrons. The lowest BCUT2D eigenvalue weighted by Crippen LogP contribution is -2.09. The Hall–Kier alpha value is -3.50. The molecule has 0 aliphatic heterocycles. The van der Waals surface area contributed by atoms with Gasteiger partial charge in [-0.1, -0.05) is 0 Å². The number of fused-ring (bicyclic) bond motifs is 1. The number of nitrogen functional groups attached to an aromatic ring is 1. The minimum Gasteiger partial charge on any atom is -0.404 e. The van der Waals surface area contributed by atoms with Crippen molar-refractivity contribution in [3.05, 3.63) is 53.7 Å². The Morgan fingerprint density at radius 2 is 2.18 bits per heavy atom. The number of aromatic nitrogens is 4. The van der Waals surface area contributed by atoms with Crippen molar-refractivity contribution in [3.8, 4) is 0 Å². The molecule has 0 saturated carbocycles. The monoisotopic (exact) mass is 382 g/mol. The van der Waals surface area contributed by atoms with E-state index in [1.54, 1.807) is 10.7 Å². The fourth-order valence-corrected chi connectivity index (χ4v) is 2.58. The molecule has 10 heteroatoms. The van der Waals surface area contributed by atoms with Crippen molar-refractivity contribution in [1.29, 1.82) is 0 Å². The van der Waals surface area contributed by atoms with Gasteiger partial charge in [-0.25, -0.2) is 14.5 Å². The first-order chi connectivity index (χ1) is 13.7. The van der Waals surface area contributed by atoms with Gasteiger partial charge in [0, 0.05) is 36.3 Å². The molecular weight excluding hydrogens is 360 g/mol. The number of nitrogens with one attached hydrogen (secondary N) is 1. The van der Waals surface area contributed by atoms with E-state index in [9.17, 15) is 5.11 Å². The average Bonchev–Trinajstić information content (AvgIpc) is 3.13. The van der Waals surface area contributed by atoms with Crippen molar-refractivity contribution < 1.29 is 10.2 Å². The number of hydrogen-bond donors (Lipinski definition) is 5. The fourth-order valence-electron chi connectivity index (χ4n) is 2.58. The largest absolute Gasteiger partial charge is 0.404 e. The van der Waals surface area contributed by atoms with Crippen LogP contribution in [0.2, 0.25) is 0 Å². The fraction of sp³-hybridized carbons (Fsp3) is 0.222. The number of aliphatic hydroxyl groups is 2. The Morgan fingerprint density at radius 1 is 1.32 bits per heavy atom. The summed E-state index contributed by atoms with van der Waals surface area (Å²) in [5.74, 6) is 0.678. The summed E-state index contributed by atoms with van der Waals surface area (Å²) in [6.45, 7) is 0.605. The van der Waals surface area contributed by atoms with Crippen LogP contribution >= 0.6 is 0 Å². The second-order valence-electron chi connectivity index (χ2n) is 5.92. The van der Waals surface area contributed by atoms with Gasteiger partial charge >= 0.3 is 0 Å². The van der Waals surface area contributed by atoms with Crippen LogP contribution in [0.4, 0.5) is 11.6 Å². The van der Waals surface area contributed by atoms with Crippen LogP contribution in [0.5, 0.6) is 0 Å². The van der Waals surface area contributed by atoms with Gasteiger partial charge in [-0.3, -0.25) is 4.99 Å². The van der Waals surface area contributed by atoms with Gasteiger partial charge in [0.1, 0.15) is 0 Å². The average molecular weight is 382 g/mol. The van der Waals surface area contributed by atoms with Crippen LogP contribution in [-0.2, 0) is 13.2 Å². The van der Waals surface area contributed by atoms with E-state index >= 15 is 0 Å². The summed E-state index contributed by atoms with van der Waals surface area (Å²) in [4.78, 5) is 12.7. The van der Waals surface area contributed by atoms with Gasteiger partial charge in [0.15, 0.2) is 11.6 Å². The smallest absolute Gasteiger partial charge is 0.169 e. The predicted molar refractivity (Wildman–Crippen MR) is 107 cm³/mol. The van der Waals surface area contributed by atoms with Crippen molar-refractivity contribution in [2.75, 3.05) is 24.2 Å². The number of nitrogens with zero attached hydrogens (tertiary/aromatic N) is 5. The van der Waals surface area contributed by atoms with Crippen LogP contribution < -0.4 is 16.8 Å². The van der Waals surface area contributed by atoms with Crippen molar-refractivity contribution in [1.82, 2.24) is 19.6 Å². The summed E-state index contributed by atoms with van der Waals surface area (Å²) in [5, 5.41) is 25.6. The highest BCUT2D eigenvalue weighted by molar-refractivity contribution is 6.08. The normalized spacial score (nSPS) is 12.1. The molecule has 3 aromatic heterocycles. The lowest BCUT2D eigenvalue weighted by Gasteiger charge is -2.10. The summed E-state index contributed by atoms with van der Waals surface area (Å²) in [6.07, 6.45) is 7.87. The SMILES string of the molecule is NC=C(C=NCCO)c1cnc(N)c(NCc2ccn3ncc(CO)c3c2)n1. The molecule has 0 unspecified atom stereocenters. The molecule has 3 rings (SSSR count). The molecule has 0 saturated heterocycles. The number of aliphatic imine (C=N–C) groups is 1. The van der Waals surface area contributed by atoms with E-state index in [2.05, 4.69) is 25.4 Å². The molecule has 0 aliphatic carbocycles. The van der Waals surface area contributed by atoms with Crippen LogP contribution in [0.15, 0.2) is 41.9 Å². The highest BCUT2D eigenvalue weighted by Crippen LogP contribution is 2.18. The standard InChI is InChI=1S/C18H22N8O2/c19-6-13(8-21-2-4-27)15-10-22-17(20)18(25-15)23-7-12-1-3-26-16(5-12)14(11-28)9-24-26/h1,3,5-6,8-10,27-28H,2,4,7,11,19H2,(H2,20,22)(H,23,25). The number of nitrogens with two attached hydrogens (primary N) is 2. The second kappa shape index (κ2) is 8.93. The summed E-state index contributed by atoms with van der Waals surface area (Å²) >= 11 is 0. The zero-order valence-electron chi connectivity index (χ0n) is 15.2. The molecule has 0 fully saturated rings. The van der Waals surface area contributed by atoms with Gasteiger partial charge in [-0.2, -0.15) is 5.10 Å². The number of pyridine rings is 1. The lowest BCUT2D eigenvalue weighted by atomic mass is 10.2. The third kappa shape index (κ3) is 4.24. The zero-order valence-corrected chi connectivity index (χ0v) is 15.2. The van der Waals surface area contributed by atoms with E-state index in [4.69, 9.17) is 16.6 Å². The second-order valence-corrected chi connectivity index (χ2v) is 5.92. The van der Waals surface area contributed by atoms with E-state index in [1.807, 2.05) is 18.3 Å². The van der Waals surface area contributed by atoms with Gasteiger partial charge in [0.05, 0.1) is 43.4 Å². The quantitative estimate of drug-likeness (QED) is 0.345. The highest BCUT2D eigenvalue weighted by Gasteiger charge is 2.09. The molecule has 0 radical (unpaired) electrons. The summed E-state index contributed by atoms with van der Waals surface area (Å²) < 4.78 is 1.70.